The highest BCUT2D eigenvalue weighted by molar-refractivity contribution is 9.10. The average molecular weight is 567 g/mol. The van der Waals surface area contributed by atoms with Gasteiger partial charge in [0, 0.05) is 6.54 Å². The third-order valence-electron chi connectivity index (χ3n) is 6.58. The Bertz CT molecular complexity index is 1670. The van der Waals surface area contributed by atoms with Crippen LogP contribution in [0.4, 0.5) is 0 Å². The number of sulfone groups is 1. The molecule has 36 heavy (non-hydrogen) atoms. The van der Waals surface area contributed by atoms with Crippen molar-refractivity contribution < 1.29 is 17.9 Å². The molecule has 9 heteroatoms. The number of benzene rings is 2. The van der Waals surface area contributed by atoms with Crippen LogP contribution in [0.25, 0.3) is 11.4 Å². The van der Waals surface area contributed by atoms with Crippen LogP contribution in [0.2, 0.25) is 0 Å². The van der Waals surface area contributed by atoms with Crippen LogP contribution in [0, 0.1) is 6.92 Å². The largest absolute Gasteiger partial charge is 0.464 e. The summed E-state index contributed by atoms with van der Waals surface area (Å²) in [5.41, 5.74) is 4.46. The lowest BCUT2D eigenvalue weighted by atomic mass is 9.94. The number of hydrogen-bond acceptors (Lipinski definition) is 5. The summed E-state index contributed by atoms with van der Waals surface area (Å²) in [4.78, 5) is 28.6. The third kappa shape index (κ3) is 3.92. The summed E-state index contributed by atoms with van der Waals surface area (Å²) < 4.78 is 34.0. The molecule has 1 aliphatic rings. The van der Waals surface area contributed by atoms with E-state index < -0.39 is 21.4 Å². The summed E-state index contributed by atoms with van der Waals surface area (Å²) in [6, 6.07) is 17.2. The first-order valence-corrected chi connectivity index (χ1v) is 13.6. The summed E-state index contributed by atoms with van der Waals surface area (Å²) in [6.45, 7) is 2.37. The average Bonchev–Trinajstić information content (AvgIpc) is 3.16. The molecule has 184 valence electrons. The Hall–Kier alpha value is -3.43. The first-order valence-electron chi connectivity index (χ1n) is 11.3. The number of pyridine rings is 1. The highest BCUT2D eigenvalue weighted by atomic mass is 79.9. The molecule has 2 aromatic carbocycles. The number of halogens is 1. The molecule has 0 aliphatic heterocycles. The molecule has 0 atom stereocenters. The predicted octanol–water partition coefficient (Wildman–Crippen LogP) is 4.68. The van der Waals surface area contributed by atoms with Crippen LogP contribution in [0.5, 0.6) is 0 Å². The molecule has 0 saturated heterocycles. The van der Waals surface area contributed by atoms with Gasteiger partial charge in [0.25, 0.3) is 5.56 Å². The van der Waals surface area contributed by atoms with Crippen molar-refractivity contribution in [2.75, 3.05) is 7.11 Å². The van der Waals surface area contributed by atoms with E-state index in [9.17, 15) is 18.0 Å². The molecule has 4 aromatic rings. The molecule has 0 radical (unpaired) electrons. The maximum absolute atomic E-state index is 13.2. The zero-order chi connectivity index (χ0) is 25.6. The summed E-state index contributed by atoms with van der Waals surface area (Å²) in [6.07, 6.45) is 1.06. The lowest BCUT2D eigenvalue weighted by molar-refractivity contribution is 0.0588. The number of aromatic amines is 1. The molecular weight excluding hydrogens is 544 g/mol. The van der Waals surface area contributed by atoms with Crippen molar-refractivity contribution >= 4 is 31.7 Å². The number of carbonyl (C=O) groups is 1. The summed E-state index contributed by atoms with van der Waals surface area (Å²) in [5.74, 6) is -0.503. The smallest absolute Gasteiger partial charge is 0.355 e. The minimum Gasteiger partial charge on any atom is -0.464 e. The van der Waals surface area contributed by atoms with Crippen LogP contribution in [-0.2, 0) is 34.0 Å². The number of fused-ring (bicyclic) bond motifs is 3. The molecular formula is C27H23BrN2O5S. The quantitative estimate of drug-likeness (QED) is 0.353. The second kappa shape index (κ2) is 9.22. The van der Waals surface area contributed by atoms with Gasteiger partial charge < -0.3 is 14.3 Å². The van der Waals surface area contributed by atoms with E-state index in [0.29, 0.717) is 46.5 Å². The Morgan fingerprint density at radius 2 is 1.78 bits per heavy atom. The van der Waals surface area contributed by atoms with Gasteiger partial charge in [0.1, 0.15) is 10.6 Å². The van der Waals surface area contributed by atoms with Crippen LogP contribution in [-0.4, -0.2) is 31.0 Å². The van der Waals surface area contributed by atoms with Gasteiger partial charge >= 0.3 is 5.97 Å². The molecule has 0 bridgehead atoms. The number of H-pyrrole nitrogens is 1. The lowest BCUT2D eigenvalue weighted by Gasteiger charge is -2.21. The van der Waals surface area contributed by atoms with E-state index in [4.69, 9.17) is 4.74 Å². The van der Waals surface area contributed by atoms with Crippen LogP contribution in [0.3, 0.4) is 0 Å². The molecule has 0 amide bonds. The van der Waals surface area contributed by atoms with E-state index >= 15 is 0 Å². The normalized spacial score (nSPS) is 12.6. The molecule has 7 nitrogen and oxygen atoms in total. The number of carbonyl (C=O) groups excluding carboxylic acids is 1. The zero-order valence-electron chi connectivity index (χ0n) is 19.7. The highest BCUT2D eigenvalue weighted by Crippen LogP contribution is 2.41. The Balaban J connectivity index is 1.73. The molecule has 1 aliphatic carbocycles. The molecule has 2 aromatic heterocycles. The Morgan fingerprint density at radius 1 is 1.08 bits per heavy atom. The van der Waals surface area contributed by atoms with E-state index in [-0.39, 0.29) is 9.79 Å². The number of hydrogen-bond donors (Lipinski definition) is 1. The number of esters is 1. The van der Waals surface area contributed by atoms with Crippen molar-refractivity contribution in [2.24, 2.45) is 0 Å². The van der Waals surface area contributed by atoms with Crippen molar-refractivity contribution in [1.29, 1.82) is 0 Å². The molecule has 2 heterocycles. The van der Waals surface area contributed by atoms with Gasteiger partial charge in [0.15, 0.2) is 0 Å². The first kappa shape index (κ1) is 24.3. The van der Waals surface area contributed by atoms with Gasteiger partial charge in [0.05, 0.1) is 27.9 Å². The maximum Gasteiger partial charge on any atom is 0.355 e. The van der Waals surface area contributed by atoms with E-state index in [2.05, 4.69) is 20.9 Å². The Morgan fingerprint density at radius 3 is 2.47 bits per heavy atom. The molecule has 1 N–H and O–H groups in total. The number of ether oxygens (including phenoxy) is 1. The van der Waals surface area contributed by atoms with Crippen molar-refractivity contribution in [3.8, 4) is 11.4 Å². The van der Waals surface area contributed by atoms with Gasteiger partial charge in [0.2, 0.25) is 9.84 Å². The number of aromatic nitrogens is 2. The molecule has 0 saturated carbocycles. The topological polar surface area (TPSA) is 98.2 Å². The van der Waals surface area contributed by atoms with E-state index in [1.54, 1.807) is 18.2 Å². The van der Waals surface area contributed by atoms with Gasteiger partial charge in [-0.25, -0.2) is 13.2 Å². The van der Waals surface area contributed by atoms with Gasteiger partial charge in [-0.05, 0) is 76.1 Å². The molecule has 0 unspecified atom stereocenters. The van der Waals surface area contributed by atoms with E-state index in [1.165, 1.54) is 25.3 Å². The van der Waals surface area contributed by atoms with Crippen LogP contribution < -0.4 is 5.56 Å². The van der Waals surface area contributed by atoms with Crippen LogP contribution in [0.1, 0.15) is 32.7 Å². The zero-order valence-corrected chi connectivity index (χ0v) is 22.1. The minimum atomic E-state index is -4.00. The number of nitrogens with zero attached hydrogens (tertiary/aromatic N) is 1. The number of methoxy groups -OCH3 is 1. The number of nitrogens with one attached hydrogen (secondary N) is 1. The highest BCUT2D eigenvalue weighted by Gasteiger charge is 2.33. The minimum absolute atomic E-state index is 0.0607. The maximum atomic E-state index is 13.2. The van der Waals surface area contributed by atoms with Crippen molar-refractivity contribution in [1.82, 2.24) is 9.55 Å². The van der Waals surface area contributed by atoms with Gasteiger partial charge in [-0.15, -0.1) is 0 Å². The summed E-state index contributed by atoms with van der Waals surface area (Å²) >= 11 is 3.60. The lowest BCUT2D eigenvalue weighted by Crippen LogP contribution is -2.22. The SMILES string of the molecule is COC(=O)c1c(Br)c2c(n1Cc1ccccc1C)-c1[nH]c(=O)c(S(=O)(=O)c3ccccc3)cc1CC2. The Kier molecular flexibility index (Phi) is 6.22. The predicted molar refractivity (Wildman–Crippen MR) is 139 cm³/mol. The number of aryl methyl sites for hydroxylation is 2. The molecule has 5 rings (SSSR count). The second-order valence-corrected chi connectivity index (χ2v) is 11.4. The molecule has 0 spiro atoms. The monoisotopic (exact) mass is 566 g/mol. The van der Waals surface area contributed by atoms with E-state index in [1.807, 2.05) is 35.8 Å². The van der Waals surface area contributed by atoms with Gasteiger partial charge in [-0.3, -0.25) is 4.79 Å². The first-order chi connectivity index (χ1) is 17.2. The Labute approximate surface area is 216 Å². The summed E-state index contributed by atoms with van der Waals surface area (Å²) in [7, 11) is -2.67. The van der Waals surface area contributed by atoms with Gasteiger partial charge in [-0.2, -0.15) is 0 Å². The fraction of sp³-hybridized carbons (Fsp3) is 0.185. The van der Waals surface area contributed by atoms with E-state index in [0.717, 1.165) is 16.7 Å². The molecule has 0 fully saturated rings. The third-order valence-corrected chi connectivity index (χ3v) is 9.21. The second-order valence-electron chi connectivity index (χ2n) is 8.67. The van der Waals surface area contributed by atoms with Crippen molar-refractivity contribution in [3.63, 3.8) is 0 Å². The van der Waals surface area contributed by atoms with Crippen molar-refractivity contribution in [3.05, 3.63) is 103 Å². The number of rotatable bonds is 5. The fourth-order valence-electron chi connectivity index (χ4n) is 4.71. The van der Waals surface area contributed by atoms with Crippen molar-refractivity contribution in [2.45, 2.75) is 36.1 Å². The fourth-order valence-corrected chi connectivity index (χ4v) is 6.84. The van der Waals surface area contributed by atoms with Gasteiger partial charge in [-0.1, -0.05) is 42.5 Å². The van der Waals surface area contributed by atoms with Crippen LogP contribution in [0.15, 0.2) is 79.7 Å². The standard InChI is InChI=1S/C27H23BrN2O5S/c1-16-8-6-7-9-18(16)15-30-24-20(22(28)25(30)27(32)35-2)13-12-17-14-21(26(31)29-23(17)24)36(33,34)19-10-4-3-5-11-19/h3-11,14H,12-13,15H2,1-2H3,(H,29,31). The van der Waals surface area contributed by atoms with Crippen LogP contribution >= 0.6 is 15.9 Å². The summed E-state index contributed by atoms with van der Waals surface area (Å²) in [5, 5.41) is 0.